The number of piperidine rings is 1. The van der Waals surface area contributed by atoms with Gasteiger partial charge >= 0.3 is 6.09 Å². The molecule has 0 bridgehead atoms. The Labute approximate surface area is 186 Å². The summed E-state index contributed by atoms with van der Waals surface area (Å²) in [5.41, 5.74) is 3.90. The number of carbonyl (C=O) groups is 1. The Bertz CT molecular complexity index is 1070. The SMILES string of the molecule is CCOC(=O)Nc1nc(C2CCN(c3cc(C)nn3-c3cccc(Cl)c3)CC2)c(C)[nH]1. The lowest BCUT2D eigenvalue weighted by molar-refractivity contribution is 0.167. The van der Waals surface area contributed by atoms with Gasteiger partial charge < -0.3 is 14.6 Å². The molecule has 1 aliphatic rings. The van der Waals surface area contributed by atoms with Crippen molar-refractivity contribution in [1.29, 1.82) is 0 Å². The smallest absolute Gasteiger partial charge is 0.413 e. The molecule has 1 amide bonds. The van der Waals surface area contributed by atoms with Crippen molar-refractivity contribution in [2.24, 2.45) is 0 Å². The molecule has 0 saturated carbocycles. The van der Waals surface area contributed by atoms with E-state index in [1.54, 1.807) is 6.92 Å². The van der Waals surface area contributed by atoms with Crippen LogP contribution >= 0.6 is 11.6 Å². The number of aromatic amines is 1. The van der Waals surface area contributed by atoms with Gasteiger partial charge in [0.1, 0.15) is 5.82 Å². The molecule has 4 rings (SSSR count). The topological polar surface area (TPSA) is 88.1 Å². The second kappa shape index (κ2) is 9.01. The van der Waals surface area contributed by atoms with Gasteiger partial charge in [0.05, 0.1) is 23.7 Å². The molecule has 9 heteroatoms. The van der Waals surface area contributed by atoms with Crippen LogP contribution in [0.3, 0.4) is 0 Å². The normalized spacial score (nSPS) is 14.6. The van der Waals surface area contributed by atoms with Gasteiger partial charge in [-0.3, -0.25) is 5.32 Å². The molecule has 31 heavy (non-hydrogen) atoms. The number of halogens is 1. The maximum atomic E-state index is 11.7. The van der Waals surface area contributed by atoms with E-state index in [0.29, 0.717) is 23.5 Å². The Hall–Kier alpha value is -3.00. The number of aryl methyl sites for hydroxylation is 2. The fourth-order valence-corrected chi connectivity index (χ4v) is 4.27. The zero-order valence-corrected chi connectivity index (χ0v) is 18.7. The van der Waals surface area contributed by atoms with Crippen LogP contribution in [0.5, 0.6) is 0 Å². The Morgan fingerprint density at radius 1 is 1.29 bits per heavy atom. The number of amides is 1. The first-order chi connectivity index (χ1) is 14.9. The minimum atomic E-state index is -0.498. The number of carbonyl (C=O) groups excluding carboxylic acids is 1. The first-order valence-corrected chi connectivity index (χ1v) is 10.9. The van der Waals surface area contributed by atoms with E-state index in [1.807, 2.05) is 42.8 Å². The third-order valence-electron chi connectivity index (χ3n) is 5.49. The predicted molar refractivity (Wildman–Crippen MR) is 121 cm³/mol. The number of nitrogens with zero attached hydrogens (tertiary/aromatic N) is 4. The lowest BCUT2D eigenvalue weighted by Crippen LogP contribution is -2.34. The van der Waals surface area contributed by atoms with Crippen molar-refractivity contribution >= 4 is 29.5 Å². The minimum absolute atomic E-state index is 0.322. The van der Waals surface area contributed by atoms with Crippen molar-refractivity contribution in [3.63, 3.8) is 0 Å². The fourth-order valence-electron chi connectivity index (χ4n) is 4.09. The summed E-state index contributed by atoms with van der Waals surface area (Å²) in [4.78, 5) is 21.8. The van der Waals surface area contributed by atoms with Crippen molar-refractivity contribution < 1.29 is 9.53 Å². The summed E-state index contributed by atoms with van der Waals surface area (Å²) in [6.45, 7) is 7.87. The largest absolute Gasteiger partial charge is 0.450 e. The van der Waals surface area contributed by atoms with E-state index in [0.717, 1.165) is 54.5 Å². The van der Waals surface area contributed by atoms with Crippen molar-refractivity contribution in [2.45, 2.75) is 39.5 Å². The quantitative estimate of drug-likeness (QED) is 0.591. The zero-order valence-electron chi connectivity index (χ0n) is 18.0. The van der Waals surface area contributed by atoms with E-state index in [-0.39, 0.29) is 0 Å². The first-order valence-electron chi connectivity index (χ1n) is 10.5. The summed E-state index contributed by atoms with van der Waals surface area (Å²) in [5.74, 6) is 1.83. The number of aromatic nitrogens is 4. The maximum absolute atomic E-state index is 11.7. The third-order valence-corrected chi connectivity index (χ3v) is 5.72. The summed E-state index contributed by atoms with van der Waals surface area (Å²) >= 11 is 6.19. The van der Waals surface area contributed by atoms with E-state index in [2.05, 4.69) is 31.3 Å². The van der Waals surface area contributed by atoms with Gasteiger partial charge in [-0.2, -0.15) is 5.10 Å². The molecule has 0 atom stereocenters. The van der Waals surface area contributed by atoms with Crippen LogP contribution in [-0.4, -0.2) is 45.5 Å². The van der Waals surface area contributed by atoms with E-state index < -0.39 is 6.09 Å². The molecular weight excluding hydrogens is 416 g/mol. The highest BCUT2D eigenvalue weighted by Gasteiger charge is 2.27. The summed E-state index contributed by atoms with van der Waals surface area (Å²) in [5, 5.41) is 8.02. The van der Waals surface area contributed by atoms with Crippen molar-refractivity contribution in [3.05, 3.63) is 52.4 Å². The lowest BCUT2D eigenvalue weighted by Gasteiger charge is -2.33. The highest BCUT2D eigenvalue weighted by atomic mass is 35.5. The molecule has 3 aromatic rings. The molecule has 8 nitrogen and oxygen atoms in total. The number of hydrogen-bond acceptors (Lipinski definition) is 5. The van der Waals surface area contributed by atoms with E-state index in [1.165, 1.54) is 0 Å². The number of rotatable bonds is 5. The van der Waals surface area contributed by atoms with Gasteiger partial charge in [-0.15, -0.1) is 0 Å². The monoisotopic (exact) mass is 442 g/mol. The van der Waals surface area contributed by atoms with Crippen LogP contribution < -0.4 is 10.2 Å². The van der Waals surface area contributed by atoms with Crippen LogP contribution in [0.25, 0.3) is 5.69 Å². The summed E-state index contributed by atoms with van der Waals surface area (Å²) in [7, 11) is 0. The van der Waals surface area contributed by atoms with Crippen molar-refractivity contribution in [1.82, 2.24) is 19.7 Å². The van der Waals surface area contributed by atoms with Crippen LogP contribution in [0.1, 0.15) is 42.8 Å². The van der Waals surface area contributed by atoms with Gasteiger partial charge in [-0.05, 0) is 51.8 Å². The third kappa shape index (κ3) is 4.69. The molecule has 2 aromatic heterocycles. The highest BCUT2D eigenvalue weighted by Crippen LogP contribution is 2.33. The molecule has 1 fully saturated rings. The number of ether oxygens (including phenoxy) is 1. The molecule has 1 aliphatic heterocycles. The fraction of sp³-hybridized carbons (Fsp3) is 0.409. The van der Waals surface area contributed by atoms with Crippen molar-refractivity contribution in [2.75, 3.05) is 29.9 Å². The average Bonchev–Trinajstić information content (AvgIpc) is 3.30. The molecular formula is C22H27ClN6O2. The Balaban J connectivity index is 1.47. The van der Waals surface area contributed by atoms with Gasteiger partial charge in [0, 0.05) is 35.8 Å². The number of benzene rings is 1. The number of anilines is 2. The van der Waals surface area contributed by atoms with Gasteiger partial charge in [0.2, 0.25) is 5.95 Å². The second-order valence-electron chi connectivity index (χ2n) is 7.74. The zero-order chi connectivity index (χ0) is 22.0. The number of hydrogen-bond donors (Lipinski definition) is 2. The number of H-pyrrole nitrogens is 1. The van der Waals surface area contributed by atoms with Crippen LogP contribution in [0, 0.1) is 13.8 Å². The molecule has 0 unspecified atom stereocenters. The first kappa shape index (κ1) is 21.2. The summed E-state index contributed by atoms with van der Waals surface area (Å²) in [6, 6.07) is 9.86. The second-order valence-corrected chi connectivity index (χ2v) is 8.17. The Morgan fingerprint density at radius 2 is 2.06 bits per heavy atom. The van der Waals surface area contributed by atoms with Gasteiger partial charge in [0.15, 0.2) is 0 Å². The Kier molecular flexibility index (Phi) is 6.18. The maximum Gasteiger partial charge on any atom is 0.413 e. The van der Waals surface area contributed by atoms with E-state index >= 15 is 0 Å². The van der Waals surface area contributed by atoms with Gasteiger partial charge in [-0.1, -0.05) is 17.7 Å². The van der Waals surface area contributed by atoms with Crippen LogP contribution in [0.15, 0.2) is 30.3 Å². The summed E-state index contributed by atoms with van der Waals surface area (Å²) in [6.07, 6.45) is 1.43. The molecule has 1 saturated heterocycles. The van der Waals surface area contributed by atoms with Crippen LogP contribution in [0.2, 0.25) is 5.02 Å². The molecule has 0 radical (unpaired) electrons. The van der Waals surface area contributed by atoms with Gasteiger partial charge in [0.25, 0.3) is 0 Å². The minimum Gasteiger partial charge on any atom is -0.450 e. The lowest BCUT2D eigenvalue weighted by atomic mass is 9.92. The molecule has 164 valence electrons. The molecule has 2 N–H and O–H groups in total. The molecule has 3 heterocycles. The standard InChI is InChI=1S/C22H27ClN6O2/c1-4-31-22(30)26-21-24-15(3)20(25-21)16-8-10-28(11-9-16)19-12-14(2)27-29(19)18-7-5-6-17(23)13-18/h5-7,12-13,16H,4,8-11H2,1-3H3,(H2,24,25,26,30). The summed E-state index contributed by atoms with van der Waals surface area (Å²) < 4.78 is 6.89. The van der Waals surface area contributed by atoms with E-state index in [9.17, 15) is 4.79 Å². The molecule has 1 aromatic carbocycles. The highest BCUT2D eigenvalue weighted by molar-refractivity contribution is 6.30. The predicted octanol–water partition coefficient (Wildman–Crippen LogP) is 4.82. The van der Waals surface area contributed by atoms with E-state index in [4.69, 9.17) is 16.3 Å². The van der Waals surface area contributed by atoms with Gasteiger partial charge in [-0.25, -0.2) is 14.5 Å². The average molecular weight is 443 g/mol. The number of nitrogens with one attached hydrogen (secondary N) is 2. The van der Waals surface area contributed by atoms with Crippen molar-refractivity contribution in [3.8, 4) is 5.69 Å². The molecule has 0 aliphatic carbocycles. The van der Waals surface area contributed by atoms with Crippen LogP contribution in [0.4, 0.5) is 16.6 Å². The molecule has 0 spiro atoms. The number of imidazole rings is 1. The Morgan fingerprint density at radius 3 is 2.77 bits per heavy atom. The van der Waals surface area contributed by atoms with Crippen LogP contribution in [-0.2, 0) is 4.74 Å².